The molecule has 1 rings (SSSR count). The number of aliphatic hydroxyl groups excluding tert-OH is 1. The summed E-state index contributed by atoms with van der Waals surface area (Å²) in [6.07, 6.45) is 3.89. The Hall–Kier alpha value is -0.610. The van der Waals surface area contributed by atoms with Crippen LogP contribution in [0.3, 0.4) is 0 Å². The predicted molar refractivity (Wildman–Crippen MR) is 48.5 cm³/mol. The fourth-order valence-corrected chi connectivity index (χ4v) is 1.92. The Morgan fingerprint density at radius 2 is 2.08 bits per heavy atom. The number of rotatable bonds is 4. The van der Waals surface area contributed by atoms with Gasteiger partial charge in [-0.1, -0.05) is 12.8 Å². The van der Waals surface area contributed by atoms with Gasteiger partial charge in [0.15, 0.2) is 0 Å². The smallest absolute Gasteiger partial charge is 0.320 e. The highest BCUT2D eigenvalue weighted by Crippen LogP contribution is 2.29. The van der Waals surface area contributed by atoms with Gasteiger partial charge < -0.3 is 10.2 Å². The molecule has 4 nitrogen and oxygen atoms in total. The van der Waals surface area contributed by atoms with Gasteiger partial charge in [0.1, 0.15) is 6.04 Å². The standard InChI is InChI=1S/C9H17NO3/c1-7(8(12)13)10-9(6-11)4-2-3-5-9/h7,10-11H,2-6H2,1H3,(H,12,13). The summed E-state index contributed by atoms with van der Waals surface area (Å²) < 4.78 is 0. The molecule has 13 heavy (non-hydrogen) atoms. The molecule has 1 atom stereocenters. The largest absolute Gasteiger partial charge is 0.480 e. The zero-order chi connectivity index (χ0) is 9.90. The van der Waals surface area contributed by atoms with Crippen molar-refractivity contribution >= 4 is 5.97 Å². The van der Waals surface area contributed by atoms with Crippen molar-refractivity contribution in [2.24, 2.45) is 0 Å². The third-order valence-corrected chi connectivity index (χ3v) is 2.76. The molecule has 1 aliphatic carbocycles. The Balaban J connectivity index is 2.52. The average Bonchev–Trinajstić information content (AvgIpc) is 2.54. The van der Waals surface area contributed by atoms with E-state index < -0.39 is 12.0 Å². The van der Waals surface area contributed by atoms with Crippen molar-refractivity contribution in [2.45, 2.75) is 44.2 Å². The summed E-state index contributed by atoms with van der Waals surface area (Å²) in [5, 5.41) is 20.9. The Bertz CT molecular complexity index is 187. The molecule has 0 aliphatic heterocycles. The van der Waals surface area contributed by atoms with Gasteiger partial charge in [0.05, 0.1) is 6.61 Å². The van der Waals surface area contributed by atoms with Crippen molar-refractivity contribution in [1.82, 2.24) is 5.32 Å². The van der Waals surface area contributed by atoms with Gasteiger partial charge in [0.25, 0.3) is 0 Å². The van der Waals surface area contributed by atoms with Crippen molar-refractivity contribution in [3.8, 4) is 0 Å². The van der Waals surface area contributed by atoms with Gasteiger partial charge in [-0.25, -0.2) is 0 Å². The molecule has 1 fully saturated rings. The monoisotopic (exact) mass is 187 g/mol. The predicted octanol–water partition coefficient (Wildman–Crippen LogP) is 0.354. The Labute approximate surface area is 78.0 Å². The van der Waals surface area contributed by atoms with E-state index in [1.165, 1.54) is 0 Å². The number of carboxylic acid groups (broad SMARTS) is 1. The van der Waals surface area contributed by atoms with Gasteiger partial charge in [0.2, 0.25) is 0 Å². The summed E-state index contributed by atoms with van der Waals surface area (Å²) in [5.74, 6) is -0.861. The van der Waals surface area contributed by atoms with Crippen LogP contribution < -0.4 is 5.32 Å². The number of nitrogens with one attached hydrogen (secondary N) is 1. The number of aliphatic hydroxyl groups is 1. The van der Waals surface area contributed by atoms with Gasteiger partial charge in [0, 0.05) is 5.54 Å². The molecular formula is C9H17NO3. The van der Waals surface area contributed by atoms with Crippen molar-refractivity contribution in [3.05, 3.63) is 0 Å². The molecule has 0 amide bonds. The third kappa shape index (κ3) is 2.42. The minimum Gasteiger partial charge on any atom is -0.480 e. The second-order valence-electron chi connectivity index (χ2n) is 3.85. The number of hydrogen-bond donors (Lipinski definition) is 3. The summed E-state index contributed by atoms with van der Waals surface area (Å²) in [7, 11) is 0. The molecule has 1 unspecified atom stereocenters. The van der Waals surface area contributed by atoms with Crippen LogP contribution in [0.4, 0.5) is 0 Å². The van der Waals surface area contributed by atoms with E-state index in [0.717, 1.165) is 25.7 Å². The number of carbonyl (C=O) groups is 1. The SMILES string of the molecule is CC(NC1(CO)CCCC1)C(=O)O. The second kappa shape index (κ2) is 4.07. The lowest BCUT2D eigenvalue weighted by atomic mass is 9.98. The first-order chi connectivity index (χ1) is 6.09. The van der Waals surface area contributed by atoms with Crippen LogP contribution in [0.2, 0.25) is 0 Å². The number of hydrogen-bond acceptors (Lipinski definition) is 3. The van der Waals surface area contributed by atoms with E-state index in [1.54, 1.807) is 6.92 Å². The van der Waals surface area contributed by atoms with Crippen molar-refractivity contribution in [2.75, 3.05) is 6.61 Å². The molecule has 0 radical (unpaired) electrons. The lowest BCUT2D eigenvalue weighted by Crippen LogP contribution is -2.52. The summed E-state index contributed by atoms with van der Waals surface area (Å²) in [6, 6.07) is -0.578. The first-order valence-corrected chi connectivity index (χ1v) is 4.71. The van der Waals surface area contributed by atoms with Crippen LogP contribution in [0.5, 0.6) is 0 Å². The van der Waals surface area contributed by atoms with E-state index in [1.807, 2.05) is 0 Å². The molecule has 0 spiro atoms. The van der Waals surface area contributed by atoms with Gasteiger partial charge in [-0.2, -0.15) is 0 Å². The van der Waals surface area contributed by atoms with Crippen molar-refractivity contribution < 1.29 is 15.0 Å². The second-order valence-corrected chi connectivity index (χ2v) is 3.85. The van der Waals surface area contributed by atoms with Gasteiger partial charge in [-0.05, 0) is 19.8 Å². The normalized spacial score (nSPS) is 22.9. The molecule has 0 heterocycles. The molecule has 0 bridgehead atoms. The lowest BCUT2D eigenvalue weighted by molar-refractivity contribution is -0.139. The number of carboxylic acids is 1. The van der Waals surface area contributed by atoms with Gasteiger partial charge in [-0.3, -0.25) is 10.1 Å². The summed E-state index contributed by atoms with van der Waals surface area (Å²) in [6.45, 7) is 1.64. The topological polar surface area (TPSA) is 69.6 Å². The zero-order valence-corrected chi connectivity index (χ0v) is 7.92. The van der Waals surface area contributed by atoms with E-state index in [4.69, 9.17) is 5.11 Å². The van der Waals surface area contributed by atoms with Gasteiger partial charge >= 0.3 is 5.97 Å². The maximum atomic E-state index is 10.6. The Morgan fingerprint density at radius 1 is 1.54 bits per heavy atom. The van der Waals surface area contributed by atoms with Gasteiger partial charge in [-0.15, -0.1) is 0 Å². The molecule has 1 saturated carbocycles. The Morgan fingerprint density at radius 3 is 2.46 bits per heavy atom. The quantitative estimate of drug-likeness (QED) is 0.594. The number of aliphatic carboxylic acids is 1. The van der Waals surface area contributed by atoms with Crippen LogP contribution in [0, 0.1) is 0 Å². The Kier molecular flexibility index (Phi) is 3.27. The first-order valence-electron chi connectivity index (χ1n) is 4.71. The molecule has 3 N–H and O–H groups in total. The molecule has 76 valence electrons. The molecule has 0 aromatic heterocycles. The summed E-state index contributed by atoms with van der Waals surface area (Å²) in [5.41, 5.74) is -0.336. The molecule has 1 aliphatic rings. The van der Waals surface area contributed by atoms with Crippen molar-refractivity contribution in [1.29, 1.82) is 0 Å². The lowest BCUT2D eigenvalue weighted by Gasteiger charge is -2.30. The van der Waals surface area contributed by atoms with Crippen molar-refractivity contribution in [3.63, 3.8) is 0 Å². The molecular weight excluding hydrogens is 170 g/mol. The van der Waals surface area contributed by atoms with E-state index in [0.29, 0.717) is 0 Å². The van der Waals surface area contributed by atoms with E-state index in [2.05, 4.69) is 5.32 Å². The zero-order valence-electron chi connectivity index (χ0n) is 7.92. The fraction of sp³-hybridized carbons (Fsp3) is 0.889. The first kappa shape index (κ1) is 10.5. The van der Waals surface area contributed by atoms with Crippen LogP contribution in [0.25, 0.3) is 0 Å². The highest BCUT2D eigenvalue weighted by atomic mass is 16.4. The highest BCUT2D eigenvalue weighted by Gasteiger charge is 2.35. The van der Waals surface area contributed by atoms with E-state index >= 15 is 0 Å². The third-order valence-electron chi connectivity index (χ3n) is 2.76. The minimum absolute atomic E-state index is 0.0324. The van der Waals surface area contributed by atoms with E-state index in [9.17, 15) is 9.90 Å². The van der Waals surface area contributed by atoms with Crippen LogP contribution in [0.1, 0.15) is 32.6 Å². The fourth-order valence-electron chi connectivity index (χ4n) is 1.92. The minimum atomic E-state index is -0.861. The highest BCUT2D eigenvalue weighted by molar-refractivity contribution is 5.73. The molecule has 0 aromatic rings. The summed E-state index contributed by atoms with van der Waals surface area (Å²) >= 11 is 0. The average molecular weight is 187 g/mol. The summed E-state index contributed by atoms with van der Waals surface area (Å²) in [4.78, 5) is 10.6. The van der Waals surface area contributed by atoms with Crippen LogP contribution in [-0.2, 0) is 4.79 Å². The molecule has 0 saturated heterocycles. The van der Waals surface area contributed by atoms with Crippen LogP contribution >= 0.6 is 0 Å². The molecule has 0 aromatic carbocycles. The van der Waals surface area contributed by atoms with Crippen LogP contribution in [-0.4, -0.2) is 34.4 Å². The van der Waals surface area contributed by atoms with Crippen LogP contribution in [0.15, 0.2) is 0 Å². The maximum Gasteiger partial charge on any atom is 0.320 e. The maximum absolute atomic E-state index is 10.6. The molecule has 4 heteroatoms. The van der Waals surface area contributed by atoms with E-state index in [-0.39, 0.29) is 12.1 Å².